The van der Waals surface area contributed by atoms with E-state index >= 15 is 0 Å². The molecule has 0 N–H and O–H groups in total. The molecule has 0 saturated carbocycles. The molecule has 4 nitrogen and oxygen atoms in total. The number of carbonyl (C=O) groups excluding carboxylic acids is 2. The first-order valence-corrected chi connectivity index (χ1v) is 16.8. The van der Waals surface area contributed by atoms with Gasteiger partial charge in [-0.25, -0.2) is 0 Å². The van der Waals surface area contributed by atoms with Gasteiger partial charge in [0, 0.05) is 6.42 Å². The molecule has 0 saturated heterocycles. The Balaban J connectivity index is 3.40. The van der Waals surface area contributed by atoms with Crippen LogP contribution in [-0.2, 0) is 19.1 Å². The third-order valence-corrected chi connectivity index (χ3v) is 8.02. The molecule has 0 bridgehead atoms. The third kappa shape index (κ3) is 25.2. The van der Waals surface area contributed by atoms with Crippen molar-refractivity contribution in [3.63, 3.8) is 0 Å². The predicted octanol–water partition coefficient (Wildman–Crippen LogP) is 10.7. The van der Waals surface area contributed by atoms with E-state index in [-0.39, 0.29) is 17.9 Å². The van der Waals surface area contributed by atoms with Crippen LogP contribution < -0.4 is 0 Å². The zero-order chi connectivity index (χ0) is 28.1. The van der Waals surface area contributed by atoms with Gasteiger partial charge in [0.15, 0.2) is 0 Å². The zero-order valence-corrected chi connectivity index (χ0v) is 26.2. The van der Waals surface area contributed by atoms with Gasteiger partial charge in [-0.2, -0.15) is 0 Å². The Morgan fingerprint density at radius 3 is 1.39 bits per heavy atom. The Morgan fingerprint density at radius 1 is 0.500 bits per heavy atom. The zero-order valence-electron chi connectivity index (χ0n) is 26.2. The Hall–Kier alpha value is -1.06. The summed E-state index contributed by atoms with van der Waals surface area (Å²) in [5.41, 5.74) is 0. The lowest BCUT2D eigenvalue weighted by Gasteiger charge is -2.18. The Kier molecular flexibility index (Phi) is 28.1. The minimum atomic E-state index is -0.00420. The lowest BCUT2D eigenvalue weighted by molar-refractivity contribution is -0.150. The molecule has 2 atom stereocenters. The molecule has 0 radical (unpaired) electrons. The maximum absolute atomic E-state index is 12.3. The van der Waals surface area contributed by atoms with Gasteiger partial charge in [0.1, 0.15) is 0 Å². The highest BCUT2D eigenvalue weighted by Gasteiger charge is 2.21. The van der Waals surface area contributed by atoms with E-state index in [0.29, 0.717) is 25.6 Å². The van der Waals surface area contributed by atoms with Gasteiger partial charge in [-0.15, -0.1) is 0 Å². The fraction of sp³-hybridized carbons (Fsp3) is 0.941. The van der Waals surface area contributed by atoms with E-state index in [2.05, 4.69) is 20.8 Å². The molecular formula is C34H66O4. The summed E-state index contributed by atoms with van der Waals surface area (Å²) in [4.78, 5) is 24.0. The molecule has 0 fully saturated rings. The highest BCUT2D eigenvalue weighted by molar-refractivity contribution is 5.72. The number of ether oxygens (including phenoxy) is 2. The van der Waals surface area contributed by atoms with Crippen LogP contribution in [0, 0.1) is 11.8 Å². The van der Waals surface area contributed by atoms with Gasteiger partial charge >= 0.3 is 11.9 Å². The fourth-order valence-corrected chi connectivity index (χ4v) is 4.96. The molecule has 0 spiro atoms. The van der Waals surface area contributed by atoms with E-state index in [0.717, 1.165) is 32.1 Å². The summed E-state index contributed by atoms with van der Waals surface area (Å²) in [6, 6.07) is 0. The second kappa shape index (κ2) is 28.9. The molecule has 0 aromatic rings. The molecule has 0 heterocycles. The van der Waals surface area contributed by atoms with Crippen molar-refractivity contribution in [2.45, 2.75) is 182 Å². The summed E-state index contributed by atoms with van der Waals surface area (Å²) in [5, 5.41) is 0. The number of esters is 2. The lowest BCUT2D eigenvalue weighted by Crippen LogP contribution is -2.22. The number of unbranched alkanes of at least 4 members (excludes halogenated alkanes) is 19. The van der Waals surface area contributed by atoms with Crippen molar-refractivity contribution in [2.24, 2.45) is 11.8 Å². The quantitative estimate of drug-likeness (QED) is 0.0702. The monoisotopic (exact) mass is 538 g/mol. The maximum Gasteiger partial charge on any atom is 0.308 e. The van der Waals surface area contributed by atoms with Gasteiger partial charge in [0.05, 0.1) is 19.1 Å². The first-order chi connectivity index (χ1) is 18.5. The number of carbonyl (C=O) groups is 2. The minimum Gasteiger partial charge on any atom is -0.466 e. The molecule has 4 heteroatoms. The van der Waals surface area contributed by atoms with Gasteiger partial charge in [0.25, 0.3) is 0 Å². The first kappa shape index (κ1) is 36.9. The molecule has 38 heavy (non-hydrogen) atoms. The van der Waals surface area contributed by atoms with Gasteiger partial charge < -0.3 is 9.47 Å². The van der Waals surface area contributed by atoms with E-state index in [1.54, 1.807) is 0 Å². The summed E-state index contributed by atoms with van der Waals surface area (Å²) < 4.78 is 10.8. The number of hydrogen-bond acceptors (Lipinski definition) is 4. The second-order valence-corrected chi connectivity index (χ2v) is 11.8. The Morgan fingerprint density at radius 2 is 0.895 bits per heavy atom. The van der Waals surface area contributed by atoms with E-state index in [9.17, 15) is 9.59 Å². The van der Waals surface area contributed by atoms with E-state index < -0.39 is 0 Å². The first-order valence-electron chi connectivity index (χ1n) is 16.8. The summed E-state index contributed by atoms with van der Waals surface area (Å²) in [5.74, 6) is 0.424. The summed E-state index contributed by atoms with van der Waals surface area (Å²) >= 11 is 0. The predicted molar refractivity (Wildman–Crippen MR) is 162 cm³/mol. The minimum absolute atomic E-state index is 0.000931. The van der Waals surface area contributed by atoms with Crippen molar-refractivity contribution in [1.82, 2.24) is 0 Å². The van der Waals surface area contributed by atoms with Gasteiger partial charge in [-0.1, -0.05) is 150 Å². The molecule has 0 rings (SSSR count). The highest BCUT2D eigenvalue weighted by Crippen LogP contribution is 2.21. The van der Waals surface area contributed by atoms with Crippen LogP contribution in [0.25, 0.3) is 0 Å². The van der Waals surface area contributed by atoms with Gasteiger partial charge in [-0.05, 0) is 31.6 Å². The van der Waals surface area contributed by atoms with Crippen LogP contribution in [-0.4, -0.2) is 25.2 Å². The van der Waals surface area contributed by atoms with Crippen molar-refractivity contribution in [3.05, 3.63) is 0 Å². The van der Waals surface area contributed by atoms with Crippen LogP contribution in [0.1, 0.15) is 182 Å². The van der Waals surface area contributed by atoms with Crippen LogP contribution in [0.2, 0.25) is 0 Å². The molecule has 0 aliphatic carbocycles. The van der Waals surface area contributed by atoms with Crippen LogP contribution in [0.15, 0.2) is 0 Å². The number of hydrogen-bond donors (Lipinski definition) is 0. The van der Waals surface area contributed by atoms with Crippen molar-refractivity contribution < 1.29 is 19.1 Å². The SMILES string of the molecule is CCCCCCCOC(=O)CCCCCCCCCCCCCCC(C)C(C)C(=O)OCCCCCCC. The van der Waals surface area contributed by atoms with Crippen molar-refractivity contribution in [1.29, 1.82) is 0 Å². The molecule has 226 valence electrons. The molecule has 0 aliphatic rings. The van der Waals surface area contributed by atoms with E-state index in [4.69, 9.17) is 9.47 Å². The molecular weight excluding hydrogens is 472 g/mol. The van der Waals surface area contributed by atoms with Crippen LogP contribution in [0.4, 0.5) is 0 Å². The topological polar surface area (TPSA) is 52.6 Å². The average molecular weight is 539 g/mol. The fourth-order valence-electron chi connectivity index (χ4n) is 4.96. The van der Waals surface area contributed by atoms with Gasteiger partial charge in [0.2, 0.25) is 0 Å². The largest absolute Gasteiger partial charge is 0.466 e. The van der Waals surface area contributed by atoms with Gasteiger partial charge in [-0.3, -0.25) is 9.59 Å². The van der Waals surface area contributed by atoms with Crippen molar-refractivity contribution in [2.75, 3.05) is 13.2 Å². The lowest BCUT2D eigenvalue weighted by atomic mass is 9.90. The van der Waals surface area contributed by atoms with Crippen molar-refractivity contribution >= 4 is 11.9 Å². The smallest absolute Gasteiger partial charge is 0.308 e. The molecule has 0 aromatic carbocycles. The van der Waals surface area contributed by atoms with E-state index in [1.807, 2.05) is 6.92 Å². The highest BCUT2D eigenvalue weighted by atomic mass is 16.5. The van der Waals surface area contributed by atoms with Crippen LogP contribution in [0.3, 0.4) is 0 Å². The normalized spacial score (nSPS) is 12.8. The standard InChI is InChI=1S/C34H66O4/c1-5-7-9-21-25-29-37-33(35)28-24-20-18-16-14-12-11-13-15-17-19-23-27-31(3)32(4)34(36)38-30-26-22-10-8-6-2/h31-32H,5-30H2,1-4H3. The second-order valence-electron chi connectivity index (χ2n) is 11.8. The molecule has 2 unspecified atom stereocenters. The molecule has 0 aliphatic heterocycles. The van der Waals surface area contributed by atoms with Crippen LogP contribution >= 0.6 is 0 Å². The van der Waals surface area contributed by atoms with Crippen molar-refractivity contribution in [3.8, 4) is 0 Å². The summed E-state index contributed by atoms with van der Waals surface area (Å²) in [6.07, 6.45) is 28.9. The summed E-state index contributed by atoms with van der Waals surface area (Å²) in [7, 11) is 0. The third-order valence-electron chi connectivity index (χ3n) is 8.02. The molecule has 0 amide bonds. The Labute approximate surface area is 237 Å². The Bertz CT molecular complexity index is 519. The summed E-state index contributed by atoms with van der Waals surface area (Å²) in [6.45, 7) is 9.87. The average Bonchev–Trinajstić information content (AvgIpc) is 2.91. The maximum atomic E-state index is 12.3. The molecule has 0 aromatic heterocycles. The number of rotatable bonds is 29. The van der Waals surface area contributed by atoms with E-state index in [1.165, 1.54) is 116 Å². The van der Waals surface area contributed by atoms with Crippen LogP contribution in [0.5, 0.6) is 0 Å².